The van der Waals surface area contributed by atoms with Crippen LogP contribution in [0.1, 0.15) is 11.1 Å². The second-order valence-electron chi connectivity index (χ2n) is 3.86. The summed E-state index contributed by atoms with van der Waals surface area (Å²) in [5.74, 6) is -0.300. The van der Waals surface area contributed by atoms with Gasteiger partial charge in [-0.3, -0.25) is 0 Å². The van der Waals surface area contributed by atoms with Crippen molar-refractivity contribution in [2.24, 2.45) is 0 Å². The predicted octanol–water partition coefficient (Wildman–Crippen LogP) is 4.51. The smallest absolute Gasteiger partial charge is 0.146 e. The number of aryl methyl sites for hydroxylation is 1. The van der Waals surface area contributed by atoms with Gasteiger partial charge in [0.25, 0.3) is 0 Å². The molecule has 2 nitrogen and oxygen atoms in total. The predicted molar refractivity (Wildman–Crippen MR) is 73.3 cm³/mol. The first-order valence-electron chi connectivity index (χ1n) is 5.33. The van der Waals surface area contributed by atoms with E-state index in [0.29, 0.717) is 11.3 Å². The van der Waals surface area contributed by atoms with Gasteiger partial charge in [0.2, 0.25) is 0 Å². The van der Waals surface area contributed by atoms with E-state index >= 15 is 0 Å². The lowest BCUT2D eigenvalue weighted by molar-refractivity contribution is 0.631. The monoisotopic (exact) mass is 304 g/mol. The van der Waals surface area contributed by atoms with Crippen LogP contribution in [0.4, 0.5) is 15.8 Å². The van der Waals surface area contributed by atoms with Crippen LogP contribution in [0.3, 0.4) is 0 Å². The third-order valence-corrected chi connectivity index (χ3v) is 3.24. The van der Waals surface area contributed by atoms with Crippen molar-refractivity contribution in [3.8, 4) is 6.07 Å². The number of halogens is 2. The Hall–Kier alpha value is -1.86. The van der Waals surface area contributed by atoms with Crippen molar-refractivity contribution in [1.82, 2.24) is 0 Å². The van der Waals surface area contributed by atoms with Crippen molar-refractivity contribution >= 4 is 27.3 Å². The summed E-state index contributed by atoms with van der Waals surface area (Å²) in [5, 5.41) is 11.8. The first-order chi connectivity index (χ1) is 8.61. The molecule has 1 N–H and O–H groups in total. The largest absolute Gasteiger partial charge is 0.352 e. The van der Waals surface area contributed by atoms with Crippen molar-refractivity contribution in [2.45, 2.75) is 6.92 Å². The van der Waals surface area contributed by atoms with E-state index in [1.54, 1.807) is 24.3 Å². The number of nitriles is 1. The van der Waals surface area contributed by atoms with Crippen molar-refractivity contribution in [3.05, 3.63) is 57.8 Å². The van der Waals surface area contributed by atoms with E-state index in [0.717, 1.165) is 15.7 Å². The molecule has 4 heteroatoms. The lowest BCUT2D eigenvalue weighted by Crippen LogP contribution is -1.97. The molecule has 0 aliphatic heterocycles. The first-order valence-corrected chi connectivity index (χ1v) is 6.13. The van der Waals surface area contributed by atoms with Crippen LogP contribution in [0, 0.1) is 24.1 Å². The number of anilines is 2. The fourth-order valence-corrected chi connectivity index (χ4v) is 2.09. The van der Waals surface area contributed by atoms with Crippen LogP contribution in [-0.4, -0.2) is 0 Å². The molecule has 0 bridgehead atoms. The summed E-state index contributed by atoms with van der Waals surface area (Å²) in [5.41, 5.74) is 2.55. The van der Waals surface area contributed by atoms with Crippen LogP contribution < -0.4 is 5.32 Å². The number of nitrogens with one attached hydrogen (secondary N) is 1. The maximum atomic E-state index is 13.7. The second-order valence-corrected chi connectivity index (χ2v) is 4.72. The minimum atomic E-state index is -0.300. The third-order valence-electron chi connectivity index (χ3n) is 2.58. The minimum absolute atomic E-state index is 0.300. The summed E-state index contributed by atoms with van der Waals surface area (Å²) < 4.78 is 14.4. The molecule has 0 fully saturated rings. The minimum Gasteiger partial charge on any atom is -0.352 e. The number of rotatable bonds is 2. The Morgan fingerprint density at radius 2 is 2.06 bits per heavy atom. The lowest BCUT2D eigenvalue weighted by atomic mass is 10.1. The topological polar surface area (TPSA) is 35.8 Å². The van der Waals surface area contributed by atoms with Gasteiger partial charge in [-0.15, -0.1) is 0 Å². The number of hydrogen-bond donors (Lipinski definition) is 1. The van der Waals surface area contributed by atoms with Crippen LogP contribution in [-0.2, 0) is 0 Å². The number of para-hydroxylation sites is 1. The van der Waals surface area contributed by atoms with Crippen LogP contribution in [0.5, 0.6) is 0 Å². The number of benzene rings is 2. The zero-order chi connectivity index (χ0) is 13.1. The SMILES string of the molecule is Cc1cccc(F)c1Nc1ccc(C#N)cc1Br. The highest BCUT2D eigenvalue weighted by atomic mass is 79.9. The van der Waals surface area contributed by atoms with Gasteiger partial charge >= 0.3 is 0 Å². The fraction of sp³-hybridized carbons (Fsp3) is 0.0714. The Morgan fingerprint density at radius 3 is 2.67 bits per heavy atom. The third kappa shape index (κ3) is 2.52. The summed E-state index contributed by atoms with van der Waals surface area (Å²) in [6.45, 7) is 1.84. The lowest BCUT2D eigenvalue weighted by Gasteiger charge is -2.12. The number of nitrogens with zero attached hydrogens (tertiary/aromatic N) is 1. The molecule has 0 heterocycles. The van der Waals surface area contributed by atoms with Gasteiger partial charge in [-0.25, -0.2) is 4.39 Å². The summed E-state index contributed by atoms with van der Waals surface area (Å²) in [4.78, 5) is 0. The molecule has 0 atom stereocenters. The Kier molecular flexibility index (Phi) is 3.63. The molecule has 18 heavy (non-hydrogen) atoms. The molecule has 0 amide bonds. The molecular weight excluding hydrogens is 295 g/mol. The Morgan fingerprint density at radius 1 is 1.28 bits per heavy atom. The maximum absolute atomic E-state index is 13.7. The molecule has 90 valence electrons. The highest BCUT2D eigenvalue weighted by Crippen LogP contribution is 2.29. The quantitative estimate of drug-likeness (QED) is 0.886. The first kappa shape index (κ1) is 12.6. The van der Waals surface area contributed by atoms with E-state index in [-0.39, 0.29) is 5.82 Å². The van der Waals surface area contributed by atoms with Gasteiger partial charge in [-0.2, -0.15) is 5.26 Å². The standard InChI is InChI=1S/C14H10BrFN2/c1-9-3-2-4-12(16)14(9)18-13-6-5-10(8-17)7-11(13)15/h2-7,18H,1H3. The van der Waals surface area contributed by atoms with Gasteiger partial charge in [0.15, 0.2) is 0 Å². The van der Waals surface area contributed by atoms with Crippen molar-refractivity contribution in [3.63, 3.8) is 0 Å². The summed E-state index contributed by atoms with van der Waals surface area (Å²) in [6.07, 6.45) is 0. The molecule has 0 saturated carbocycles. The number of hydrogen-bond acceptors (Lipinski definition) is 2. The molecule has 0 aromatic heterocycles. The van der Waals surface area contributed by atoms with Crippen LogP contribution >= 0.6 is 15.9 Å². The summed E-state index contributed by atoms with van der Waals surface area (Å²) >= 11 is 3.36. The van der Waals surface area contributed by atoms with Crippen LogP contribution in [0.2, 0.25) is 0 Å². The van der Waals surface area contributed by atoms with Crippen LogP contribution in [0.25, 0.3) is 0 Å². The van der Waals surface area contributed by atoms with Gasteiger partial charge in [0.05, 0.1) is 23.0 Å². The molecule has 0 aliphatic rings. The normalized spacial score (nSPS) is 9.89. The average Bonchev–Trinajstić information content (AvgIpc) is 2.35. The maximum Gasteiger partial charge on any atom is 0.146 e. The molecule has 2 rings (SSSR count). The van der Waals surface area contributed by atoms with Gasteiger partial charge in [0.1, 0.15) is 5.82 Å². The second kappa shape index (κ2) is 5.19. The molecule has 0 unspecified atom stereocenters. The Labute approximate surface area is 113 Å². The van der Waals surface area contributed by atoms with Crippen LogP contribution in [0.15, 0.2) is 40.9 Å². The van der Waals surface area contributed by atoms with Gasteiger partial charge < -0.3 is 5.32 Å². The highest BCUT2D eigenvalue weighted by molar-refractivity contribution is 9.10. The van der Waals surface area contributed by atoms with Gasteiger partial charge in [-0.05, 0) is 52.7 Å². The van der Waals surface area contributed by atoms with E-state index in [1.165, 1.54) is 6.07 Å². The van der Waals surface area contributed by atoms with Crippen molar-refractivity contribution in [1.29, 1.82) is 5.26 Å². The average molecular weight is 305 g/mol. The van der Waals surface area contributed by atoms with Crippen molar-refractivity contribution in [2.75, 3.05) is 5.32 Å². The zero-order valence-corrected chi connectivity index (χ0v) is 11.3. The molecule has 2 aromatic carbocycles. The van der Waals surface area contributed by atoms with E-state index < -0.39 is 0 Å². The Balaban J connectivity index is 2.38. The fourth-order valence-electron chi connectivity index (χ4n) is 1.61. The van der Waals surface area contributed by atoms with Crippen molar-refractivity contribution < 1.29 is 4.39 Å². The molecule has 0 radical (unpaired) electrons. The zero-order valence-electron chi connectivity index (χ0n) is 9.67. The Bertz CT molecular complexity index is 612. The highest BCUT2D eigenvalue weighted by Gasteiger charge is 2.07. The summed E-state index contributed by atoms with van der Waals surface area (Å²) in [7, 11) is 0. The molecule has 0 spiro atoms. The van der Waals surface area contributed by atoms with E-state index in [4.69, 9.17) is 5.26 Å². The van der Waals surface area contributed by atoms with Gasteiger partial charge in [-0.1, -0.05) is 12.1 Å². The van der Waals surface area contributed by atoms with Gasteiger partial charge in [0, 0.05) is 4.47 Å². The molecular formula is C14H10BrFN2. The van der Waals surface area contributed by atoms with E-state index in [9.17, 15) is 4.39 Å². The molecule has 2 aromatic rings. The molecule has 0 saturated heterocycles. The van der Waals surface area contributed by atoms with E-state index in [1.807, 2.05) is 19.1 Å². The molecule has 0 aliphatic carbocycles. The van der Waals surface area contributed by atoms with E-state index in [2.05, 4.69) is 21.2 Å². The summed E-state index contributed by atoms with van der Waals surface area (Å²) in [6, 6.07) is 12.1.